The van der Waals surface area contributed by atoms with Crippen LogP contribution in [0.4, 0.5) is 0 Å². The maximum atomic E-state index is 11.8. The summed E-state index contributed by atoms with van der Waals surface area (Å²) in [5.74, 6) is 0. The topological polar surface area (TPSA) is 75.0 Å². The molecule has 6 heteroatoms. The zero-order valence-corrected chi connectivity index (χ0v) is 10.4. The van der Waals surface area contributed by atoms with E-state index in [2.05, 4.69) is 9.97 Å². The van der Waals surface area contributed by atoms with Crippen molar-refractivity contribution in [3.63, 3.8) is 0 Å². The van der Waals surface area contributed by atoms with Gasteiger partial charge in [-0.15, -0.1) is 11.3 Å². The first-order valence-corrected chi connectivity index (χ1v) is 6.19. The predicted molar refractivity (Wildman–Crippen MR) is 65.6 cm³/mol. The van der Waals surface area contributed by atoms with E-state index in [0.717, 1.165) is 10.4 Å². The molecule has 0 aliphatic carbocycles. The summed E-state index contributed by atoms with van der Waals surface area (Å²) in [6.45, 7) is 4.50. The number of hydrogen-bond acceptors (Lipinski definition) is 4. The monoisotopic (exact) mass is 252 g/mol. The van der Waals surface area contributed by atoms with Crippen molar-refractivity contribution in [2.75, 3.05) is 0 Å². The molecule has 5 nitrogen and oxygen atoms in total. The molecular weight excluding hydrogens is 240 g/mol. The molecule has 3 rings (SSSR count). The van der Waals surface area contributed by atoms with Crippen LogP contribution in [0.3, 0.4) is 0 Å². The molecule has 90 valence electrons. The predicted octanol–water partition coefficient (Wildman–Crippen LogP) is 1.13. The second-order valence-electron chi connectivity index (χ2n) is 4.84. The SMILES string of the molecule is CC1(C)Cc2c(sc3[nH]c(=O)[nH]c(=O)c23)CO1. The van der Waals surface area contributed by atoms with Gasteiger partial charge in [0.15, 0.2) is 0 Å². The number of thiophene rings is 1. The van der Waals surface area contributed by atoms with Gasteiger partial charge in [0.25, 0.3) is 5.56 Å². The number of nitrogens with one attached hydrogen (secondary N) is 2. The van der Waals surface area contributed by atoms with Crippen LogP contribution >= 0.6 is 11.3 Å². The molecule has 0 saturated heterocycles. The number of aromatic nitrogens is 2. The average Bonchev–Trinajstić information content (AvgIpc) is 2.53. The van der Waals surface area contributed by atoms with Crippen molar-refractivity contribution in [3.8, 4) is 0 Å². The molecule has 0 radical (unpaired) electrons. The summed E-state index contributed by atoms with van der Waals surface area (Å²) < 4.78 is 5.70. The Hall–Kier alpha value is -1.40. The van der Waals surface area contributed by atoms with Crippen LogP contribution in [0.5, 0.6) is 0 Å². The van der Waals surface area contributed by atoms with Crippen molar-refractivity contribution >= 4 is 21.6 Å². The van der Waals surface area contributed by atoms with Crippen molar-refractivity contribution in [3.05, 3.63) is 31.3 Å². The quantitative estimate of drug-likeness (QED) is 0.738. The van der Waals surface area contributed by atoms with Crippen molar-refractivity contribution in [2.45, 2.75) is 32.5 Å². The van der Waals surface area contributed by atoms with Gasteiger partial charge in [0, 0.05) is 11.3 Å². The lowest BCUT2D eigenvalue weighted by molar-refractivity contribution is -0.0379. The van der Waals surface area contributed by atoms with Gasteiger partial charge in [-0.1, -0.05) is 0 Å². The van der Waals surface area contributed by atoms with Gasteiger partial charge in [-0.3, -0.25) is 14.8 Å². The van der Waals surface area contributed by atoms with Gasteiger partial charge < -0.3 is 4.74 Å². The highest BCUT2D eigenvalue weighted by molar-refractivity contribution is 7.18. The first-order valence-electron chi connectivity index (χ1n) is 5.37. The van der Waals surface area contributed by atoms with Crippen LogP contribution in [0, 0.1) is 0 Å². The van der Waals surface area contributed by atoms with Crippen LogP contribution in [0.2, 0.25) is 0 Å². The van der Waals surface area contributed by atoms with Crippen LogP contribution in [0.25, 0.3) is 10.2 Å². The molecule has 2 aromatic rings. The average molecular weight is 252 g/mol. The minimum absolute atomic E-state index is 0.260. The van der Waals surface area contributed by atoms with Gasteiger partial charge in [-0.25, -0.2) is 4.79 Å². The van der Waals surface area contributed by atoms with Crippen molar-refractivity contribution < 1.29 is 4.74 Å². The van der Waals surface area contributed by atoms with E-state index < -0.39 is 5.69 Å². The highest BCUT2D eigenvalue weighted by Gasteiger charge is 2.30. The van der Waals surface area contributed by atoms with Crippen molar-refractivity contribution in [2.24, 2.45) is 0 Å². The second-order valence-corrected chi connectivity index (χ2v) is 5.95. The normalized spacial score (nSPS) is 18.2. The van der Waals surface area contributed by atoms with E-state index >= 15 is 0 Å². The van der Waals surface area contributed by atoms with Crippen LogP contribution in [-0.2, 0) is 17.8 Å². The minimum Gasteiger partial charge on any atom is -0.370 e. The molecule has 17 heavy (non-hydrogen) atoms. The number of H-pyrrole nitrogens is 2. The minimum atomic E-state index is -0.457. The summed E-state index contributed by atoms with van der Waals surface area (Å²) in [5, 5.41) is 0.612. The van der Waals surface area contributed by atoms with Gasteiger partial charge in [-0.05, 0) is 19.4 Å². The fourth-order valence-corrected chi connectivity index (χ4v) is 3.31. The van der Waals surface area contributed by atoms with Crippen molar-refractivity contribution in [1.82, 2.24) is 9.97 Å². The highest BCUT2D eigenvalue weighted by Crippen LogP contribution is 2.36. The summed E-state index contributed by atoms with van der Waals surface area (Å²) in [4.78, 5) is 29.7. The van der Waals surface area contributed by atoms with E-state index in [9.17, 15) is 9.59 Å². The third kappa shape index (κ3) is 1.64. The van der Waals surface area contributed by atoms with Crippen LogP contribution in [-0.4, -0.2) is 15.6 Å². The molecule has 0 atom stereocenters. The number of fused-ring (bicyclic) bond motifs is 3. The van der Waals surface area contributed by atoms with Crippen LogP contribution in [0.1, 0.15) is 24.3 Å². The smallest absolute Gasteiger partial charge is 0.326 e. The lowest BCUT2D eigenvalue weighted by atomic mass is 9.94. The number of hydrogen-bond donors (Lipinski definition) is 2. The molecule has 0 unspecified atom stereocenters. The van der Waals surface area contributed by atoms with Crippen molar-refractivity contribution in [1.29, 1.82) is 0 Å². The summed E-state index contributed by atoms with van der Waals surface area (Å²) in [7, 11) is 0. The highest BCUT2D eigenvalue weighted by atomic mass is 32.1. The van der Waals surface area contributed by atoms with E-state index in [1.807, 2.05) is 13.8 Å². The summed E-state index contributed by atoms with van der Waals surface area (Å²) in [6, 6.07) is 0. The zero-order chi connectivity index (χ0) is 12.2. The number of rotatable bonds is 0. The van der Waals surface area contributed by atoms with E-state index in [4.69, 9.17) is 4.74 Å². The molecule has 0 spiro atoms. The summed E-state index contributed by atoms with van der Waals surface area (Å²) in [6.07, 6.45) is 0.692. The lowest BCUT2D eigenvalue weighted by Crippen LogP contribution is -2.32. The van der Waals surface area contributed by atoms with Gasteiger partial charge in [0.1, 0.15) is 4.83 Å². The molecule has 0 saturated carbocycles. The molecule has 1 aliphatic heterocycles. The molecule has 1 aliphatic rings. The molecule has 3 heterocycles. The Morgan fingerprint density at radius 2 is 2.06 bits per heavy atom. The molecule has 0 amide bonds. The van der Waals surface area contributed by atoms with E-state index in [1.54, 1.807) is 0 Å². The summed E-state index contributed by atoms with van der Waals surface area (Å²) >= 11 is 1.43. The molecule has 2 N–H and O–H groups in total. The van der Waals surface area contributed by atoms with Gasteiger partial charge in [0.05, 0.1) is 17.6 Å². The largest absolute Gasteiger partial charge is 0.370 e. The first-order chi connectivity index (χ1) is 7.96. The van der Waals surface area contributed by atoms with Gasteiger partial charge >= 0.3 is 5.69 Å². The van der Waals surface area contributed by atoms with E-state index in [1.165, 1.54) is 11.3 Å². The van der Waals surface area contributed by atoms with Crippen LogP contribution < -0.4 is 11.2 Å². The maximum absolute atomic E-state index is 11.8. The molecule has 2 aromatic heterocycles. The first kappa shape index (κ1) is 10.7. The standard InChI is InChI=1S/C11H12N2O3S/c1-11(2)3-5-6(4-16-11)17-9-7(5)8(14)12-10(15)13-9/h3-4H2,1-2H3,(H2,12,13,14,15). The molecule has 0 bridgehead atoms. The fraction of sp³-hybridized carbons (Fsp3) is 0.455. The summed E-state index contributed by atoms with van der Waals surface area (Å²) in [5.41, 5.74) is -0.0113. The van der Waals surface area contributed by atoms with Gasteiger partial charge in [-0.2, -0.15) is 0 Å². The third-order valence-electron chi connectivity index (χ3n) is 2.97. The Morgan fingerprint density at radius 1 is 1.29 bits per heavy atom. The zero-order valence-electron chi connectivity index (χ0n) is 9.55. The molecule has 0 aromatic carbocycles. The Kier molecular flexibility index (Phi) is 2.08. The van der Waals surface area contributed by atoms with E-state index in [0.29, 0.717) is 23.2 Å². The maximum Gasteiger partial charge on any atom is 0.326 e. The third-order valence-corrected chi connectivity index (χ3v) is 4.09. The Balaban J connectivity index is 2.36. The fourth-order valence-electron chi connectivity index (χ4n) is 2.18. The van der Waals surface area contributed by atoms with Crippen LogP contribution in [0.15, 0.2) is 9.59 Å². The Labute approximate surface area is 100 Å². The number of ether oxygens (including phenoxy) is 1. The molecular formula is C11H12N2O3S. The second kappa shape index (κ2) is 3.30. The Morgan fingerprint density at radius 3 is 2.82 bits per heavy atom. The Bertz CT molecular complexity index is 708. The number of aromatic amines is 2. The molecule has 0 fully saturated rings. The van der Waals surface area contributed by atoms with Gasteiger partial charge in [0.2, 0.25) is 0 Å². The lowest BCUT2D eigenvalue weighted by Gasteiger charge is -2.29. The van der Waals surface area contributed by atoms with E-state index in [-0.39, 0.29) is 11.2 Å².